The van der Waals surface area contributed by atoms with E-state index >= 15 is 0 Å². The Balaban J connectivity index is 0.00000216. The minimum Gasteiger partial charge on any atom is -1.00 e. The van der Waals surface area contributed by atoms with Gasteiger partial charge in [-0.1, -0.05) is 13.8 Å². The number of likely N-dealkylation sites (tertiary alicyclic amines) is 2. The van der Waals surface area contributed by atoms with Gasteiger partial charge >= 0.3 is 0 Å². The normalized spacial score (nSPS) is 54.0. The van der Waals surface area contributed by atoms with Crippen LogP contribution in [0, 0.1) is 34.5 Å². The van der Waals surface area contributed by atoms with Gasteiger partial charge in [0.2, 0.25) is 0 Å². The first-order chi connectivity index (χ1) is 14.9. The molecule has 4 aliphatic carbocycles. The monoisotopic (exact) mass is 510 g/mol. The second-order valence-corrected chi connectivity index (χ2v) is 13.2. The lowest BCUT2D eigenvalue weighted by atomic mass is 9.44. The van der Waals surface area contributed by atoms with Gasteiger partial charge in [0.05, 0.1) is 19.2 Å². The molecular weight excluding hydrogens is 464 g/mol. The van der Waals surface area contributed by atoms with Crippen LogP contribution in [-0.2, 0) is 0 Å². The zero-order valence-corrected chi connectivity index (χ0v) is 22.0. The lowest BCUT2D eigenvalue weighted by Crippen LogP contribution is -3.15. The third kappa shape index (κ3) is 3.50. The first kappa shape index (κ1) is 24.0. The Labute approximate surface area is 206 Å². The lowest BCUT2D eigenvalue weighted by Gasteiger charge is -2.62. The third-order valence-corrected chi connectivity index (χ3v) is 12.1. The van der Waals surface area contributed by atoms with Crippen LogP contribution in [0.15, 0.2) is 0 Å². The molecule has 6 aliphatic rings. The fourth-order valence-corrected chi connectivity index (χ4v) is 10.3. The van der Waals surface area contributed by atoms with Crippen molar-refractivity contribution >= 4 is 0 Å². The number of halogens is 1. The van der Waals surface area contributed by atoms with Crippen LogP contribution in [0.3, 0.4) is 0 Å². The molecule has 0 aromatic heterocycles. The summed E-state index contributed by atoms with van der Waals surface area (Å²) in [6.45, 7) is 10.1. The van der Waals surface area contributed by atoms with Gasteiger partial charge in [0.1, 0.15) is 12.1 Å². The smallest absolute Gasteiger partial charge is 0.115 e. The summed E-state index contributed by atoms with van der Waals surface area (Å²) in [7, 11) is 0. The van der Waals surface area contributed by atoms with Crippen LogP contribution in [-0.4, -0.2) is 65.6 Å². The van der Waals surface area contributed by atoms with E-state index in [0.717, 1.165) is 18.3 Å². The summed E-state index contributed by atoms with van der Waals surface area (Å²) in [5.41, 5.74) is 0.535. The number of nitrogens with zero attached hydrogens (tertiary/aromatic N) is 1. The quantitative estimate of drug-likeness (QED) is 0.468. The van der Waals surface area contributed by atoms with Crippen LogP contribution in [0.4, 0.5) is 0 Å². The van der Waals surface area contributed by atoms with E-state index in [9.17, 15) is 10.2 Å². The molecule has 32 heavy (non-hydrogen) atoms. The summed E-state index contributed by atoms with van der Waals surface area (Å²) in [4.78, 5) is 4.35. The van der Waals surface area contributed by atoms with Gasteiger partial charge in [0.15, 0.2) is 0 Å². The van der Waals surface area contributed by atoms with Gasteiger partial charge in [-0.2, -0.15) is 0 Å². The van der Waals surface area contributed by atoms with E-state index in [0.29, 0.717) is 29.3 Å². The maximum atomic E-state index is 11.6. The highest BCUT2D eigenvalue weighted by Crippen LogP contribution is 2.66. The molecule has 0 unspecified atom stereocenters. The van der Waals surface area contributed by atoms with Crippen molar-refractivity contribution in [3.8, 4) is 0 Å². The summed E-state index contributed by atoms with van der Waals surface area (Å²) in [5.74, 6) is 3.03. The maximum Gasteiger partial charge on any atom is 0.115 e. The Kier molecular flexibility index (Phi) is 6.58. The summed E-state index contributed by atoms with van der Waals surface area (Å²) in [6.07, 6.45) is 13.8. The number of rotatable bonds is 2. The molecule has 4 saturated carbocycles. The number of hydrogen-bond acceptors (Lipinski definition) is 3. The highest BCUT2D eigenvalue weighted by molar-refractivity contribution is 5.13. The summed E-state index contributed by atoms with van der Waals surface area (Å²) in [6, 6.07) is 0.888. The Hall–Kier alpha value is 0.320. The van der Waals surface area contributed by atoms with Gasteiger partial charge in [-0.3, -0.25) is 4.90 Å². The largest absolute Gasteiger partial charge is 1.00 e. The standard InChI is InChI=1S/C27H46N2O2.BrH/c1-26-10-9-20-19(21(26)16-22(25(26)31)28-11-3-4-12-28)8-7-18-15-24(30)23(17-27(18,20)2)29-13-5-6-14-29;/h18-25,30-31H,3-17H2,1-2H3;1H/t18-,19+,20-,21-,22-,23-,24-,25-,26-,27-;/m0./s1. The van der Waals surface area contributed by atoms with E-state index in [2.05, 4.69) is 18.7 Å². The van der Waals surface area contributed by atoms with Crippen molar-refractivity contribution < 1.29 is 32.1 Å². The van der Waals surface area contributed by atoms with E-state index in [1.807, 2.05) is 0 Å². The molecule has 0 aromatic carbocycles. The molecule has 6 fully saturated rings. The van der Waals surface area contributed by atoms with E-state index in [1.165, 1.54) is 90.4 Å². The minimum absolute atomic E-state index is 0. The van der Waals surface area contributed by atoms with Gasteiger partial charge in [-0.15, -0.1) is 0 Å². The molecule has 5 heteroatoms. The molecule has 3 N–H and O–H groups in total. The first-order valence-corrected chi connectivity index (χ1v) is 13.9. The molecule has 2 heterocycles. The topological polar surface area (TPSA) is 48.1 Å². The second-order valence-electron chi connectivity index (χ2n) is 13.2. The van der Waals surface area contributed by atoms with E-state index in [-0.39, 0.29) is 34.6 Å². The van der Waals surface area contributed by atoms with E-state index < -0.39 is 0 Å². The van der Waals surface area contributed by atoms with Gasteiger partial charge in [0, 0.05) is 30.7 Å². The van der Waals surface area contributed by atoms with Crippen molar-refractivity contribution in [2.45, 2.75) is 109 Å². The molecule has 0 radical (unpaired) electrons. The molecule has 2 saturated heterocycles. The van der Waals surface area contributed by atoms with Gasteiger partial charge in [-0.25, -0.2) is 0 Å². The molecule has 0 amide bonds. The second kappa shape index (κ2) is 8.76. The van der Waals surface area contributed by atoms with Crippen molar-refractivity contribution in [3.63, 3.8) is 0 Å². The minimum atomic E-state index is -0.113. The van der Waals surface area contributed by atoms with Crippen LogP contribution in [0.1, 0.15) is 84.5 Å². The van der Waals surface area contributed by atoms with E-state index in [1.54, 1.807) is 4.90 Å². The molecule has 2 aliphatic heterocycles. The van der Waals surface area contributed by atoms with Crippen LogP contribution in [0.5, 0.6) is 0 Å². The van der Waals surface area contributed by atoms with Crippen LogP contribution >= 0.6 is 0 Å². The molecule has 0 aromatic rings. The highest BCUT2D eigenvalue weighted by Gasteiger charge is 2.64. The predicted molar refractivity (Wildman–Crippen MR) is 123 cm³/mol. The van der Waals surface area contributed by atoms with Crippen molar-refractivity contribution in [1.29, 1.82) is 0 Å². The number of aliphatic hydroxyl groups is 2. The van der Waals surface area contributed by atoms with Crippen molar-refractivity contribution in [1.82, 2.24) is 4.90 Å². The summed E-state index contributed by atoms with van der Waals surface area (Å²) in [5, 5.41) is 22.6. The number of nitrogens with one attached hydrogen (secondary N) is 1. The first-order valence-electron chi connectivity index (χ1n) is 13.9. The molecule has 10 atom stereocenters. The van der Waals surface area contributed by atoms with Gasteiger partial charge < -0.3 is 32.1 Å². The van der Waals surface area contributed by atoms with Crippen molar-refractivity contribution in [2.75, 3.05) is 26.2 Å². The zero-order valence-electron chi connectivity index (χ0n) is 20.4. The maximum absolute atomic E-state index is 11.6. The molecule has 0 bridgehead atoms. The number of fused-ring (bicyclic) bond motifs is 5. The zero-order chi connectivity index (χ0) is 21.4. The Bertz CT molecular complexity index is 681. The third-order valence-electron chi connectivity index (χ3n) is 12.1. The molecule has 4 nitrogen and oxygen atoms in total. The highest BCUT2D eigenvalue weighted by atomic mass is 79.9. The number of hydrogen-bond donors (Lipinski definition) is 3. The average molecular weight is 512 g/mol. The Morgan fingerprint density at radius 1 is 0.844 bits per heavy atom. The number of aliphatic hydroxyl groups excluding tert-OH is 2. The fraction of sp³-hybridized carbons (Fsp3) is 1.00. The lowest BCUT2D eigenvalue weighted by molar-refractivity contribution is -0.916. The van der Waals surface area contributed by atoms with Gasteiger partial charge in [-0.05, 0) is 93.5 Å². The molecule has 6 rings (SSSR count). The number of quaternary nitrogens is 1. The fourth-order valence-electron chi connectivity index (χ4n) is 10.3. The predicted octanol–water partition coefficient (Wildman–Crippen LogP) is -0.514. The van der Waals surface area contributed by atoms with Gasteiger partial charge in [0.25, 0.3) is 0 Å². The van der Waals surface area contributed by atoms with Crippen LogP contribution in [0.25, 0.3) is 0 Å². The van der Waals surface area contributed by atoms with Crippen LogP contribution < -0.4 is 21.9 Å². The molecule has 0 spiro atoms. The summed E-state index contributed by atoms with van der Waals surface area (Å²) >= 11 is 0. The molecule has 184 valence electrons. The van der Waals surface area contributed by atoms with Crippen molar-refractivity contribution in [3.05, 3.63) is 0 Å². The Morgan fingerprint density at radius 2 is 1.56 bits per heavy atom. The average Bonchev–Trinajstić information content (AvgIpc) is 3.50. The summed E-state index contributed by atoms with van der Waals surface area (Å²) < 4.78 is 0. The van der Waals surface area contributed by atoms with Crippen molar-refractivity contribution in [2.24, 2.45) is 34.5 Å². The van der Waals surface area contributed by atoms with Crippen LogP contribution in [0.2, 0.25) is 0 Å². The van der Waals surface area contributed by atoms with E-state index in [4.69, 9.17) is 0 Å². The Morgan fingerprint density at radius 3 is 2.28 bits per heavy atom. The SMILES string of the molecule is C[C@]12C[C@H](N3CCCC3)[C@@H](O)C[C@@H]1CC[C@@H]1[C@@H]2CC[C@]2(C)[C@@H](O)[C@@H]([NH+]3CCCC3)C[C@@H]12.[Br-]. The molecular formula is C27H47BrN2O2.